The third kappa shape index (κ3) is 1.97. The van der Waals surface area contributed by atoms with Gasteiger partial charge in [-0.2, -0.15) is 0 Å². The molecule has 0 bridgehead atoms. The predicted molar refractivity (Wildman–Crippen MR) is 56.6 cm³/mol. The molecule has 0 heterocycles. The van der Waals surface area contributed by atoms with Crippen LogP contribution in [0.2, 0.25) is 0 Å². The van der Waals surface area contributed by atoms with Crippen LogP contribution in [0.3, 0.4) is 0 Å². The molecular formula is C13H12. The summed E-state index contributed by atoms with van der Waals surface area (Å²) in [6, 6.07) is 10.5. The van der Waals surface area contributed by atoms with Crippen molar-refractivity contribution >= 4 is 0 Å². The van der Waals surface area contributed by atoms with Gasteiger partial charge in [-0.25, -0.2) is 0 Å². The molecule has 1 aromatic carbocycles. The normalized spacial score (nSPS) is 16.0. The Morgan fingerprint density at radius 1 is 0.692 bits per heavy atom. The van der Waals surface area contributed by atoms with Crippen molar-refractivity contribution in [3.05, 3.63) is 72.4 Å². The standard InChI is InChI=1S/C13H12/c1-2-5-9-12(8-4-1)13-10-6-3-7-11-13/h1-12H. The molecule has 1 aliphatic rings. The molecule has 0 N–H and O–H groups in total. The summed E-state index contributed by atoms with van der Waals surface area (Å²) in [5, 5.41) is 0. The summed E-state index contributed by atoms with van der Waals surface area (Å²) in [6.45, 7) is 0. The van der Waals surface area contributed by atoms with Gasteiger partial charge in [-0.05, 0) is 5.56 Å². The van der Waals surface area contributed by atoms with Gasteiger partial charge in [-0.3, -0.25) is 0 Å². The fourth-order valence-corrected chi connectivity index (χ4v) is 1.46. The van der Waals surface area contributed by atoms with E-state index in [2.05, 4.69) is 60.7 Å². The van der Waals surface area contributed by atoms with Crippen molar-refractivity contribution in [1.29, 1.82) is 0 Å². The third-order valence-electron chi connectivity index (χ3n) is 2.15. The van der Waals surface area contributed by atoms with Crippen molar-refractivity contribution in [3.63, 3.8) is 0 Å². The molecule has 0 spiro atoms. The van der Waals surface area contributed by atoms with Gasteiger partial charge in [0.25, 0.3) is 0 Å². The zero-order valence-corrected chi connectivity index (χ0v) is 7.43. The van der Waals surface area contributed by atoms with E-state index in [1.807, 2.05) is 6.07 Å². The van der Waals surface area contributed by atoms with Gasteiger partial charge < -0.3 is 0 Å². The van der Waals surface area contributed by atoms with E-state index in [0.717, 1.165) is 0 Å². The van der Waals surface area contributed by atoms with Gasteiger partial charge in [-0.15, -0.1) is 0 Å². The lowest BCUT2D eigenvalue weighted by Gasteiger charge is -2.06. The first kappa shape index (κ1) is 8.06. The van der Waals surface area contributed by atoms with E-state index in [1.165, 1.54) is 5.56 Å². The minimum atomic E-state index is 0.427. The Kier molecular flexibility index (Phi) is 2.42. The summed E-state index contributed by atoms with van der Waals surface area (Å²) in [5.41, 5.74) is 1.35. The van der Waals surface area contributed by atoms with Crippen molar-refractivity contribution in [2.75, 3.05) is 0 Å². The first-order valence-electron chi connectivity index (χ1n) is 4.53. The highest BCUT2D eigenvalue weighted by Crippen LogP contribution is 2.19. The maximum Gasteiger partial charge on any atom is 0.0204 e. The van der Waals surface area contributed by atoms with Gasteiger partial charge in [0, 0.05) is 5.92 Å². The summed E-state index contributed by atoms with van der Waals surface area (Å²) < 4.78 is 0. The molecule has 0 saturated heterocycles. The SMILES string of the molecule is C1=CC=CC(c2ccccc2)C=C1. The van der Waals surface area contributed by atoms with E-state index >= 15 is 0 Å². The molecule has 0 radical (unpaired) electrons. The summed E-state index contributed by atoms with van der Waals surface area (Å²) in [6.07, 6.45) is 12.7. The molecule has 64 valence electrons. The minimum Gasteiger partial charge on any atom is -0.0732 e. The minimum absolute atomic E-state index is 0.427. The van der Waals surface area contributed by atoms with Crippen molar-refractivity contribution in [2.24, 2.45) is 0 Å². The fourth-order valence-electron chi connectivity index (χ4n) is 1.46. The van der Waals surface area contributed by atoms with E-state index < -0.39 is 0 Å². The molecule has 0 heteroatoms. The van der Waals surface area contributed by atoms with Crippen LogP contribution in [0.4, 0.5) is 0 Å². The fraction of sp³-hybridized carbons (Fsp3) is 0.0769. The molecule has 0 aliphatic heterocycles. The Bertz CT molecular complexity index is 326. The predicted octanol–water partition coefficient (Wildman–Crippen LogP) is 3.45. The third-order valence-corrected chi connectivity index (χ3v) is 2.15. The maximum absolute atomic E-state index is 2.20. The van der Waals surface area contributed by atoms with Crippen molar-refractivity contribution in [2.45, 2.75) is 5.92 Å². The zero-order valence-electron chi connectivity index (χ0n) is 7.43. The van der Waals surface area contributed by atoms with Crippen LogP contribution in [0.25, 0.3) is 0 Å². The van der Waals surface area contributed by atoms with Crippen LogP contribution in [-0.4, -0.2) is 0 Å². The van der Waals surface area contributed by atoms with Gasteiger partial charge in [0.2, 0.25) is 0 Å². The van der Waals surface area contributed by atoms with Crippen LogP contribution in [0.5, 0.6) is 0 Å². The lowest BCUT2D eigenvalue weighted by Crippen LogP contribution is -1.88. The lowest BCUT2D eigenvalue weighted by atomic mass is 9.99. The molecule has 0 saturated carbocycles. The first-order chi connectivity index (χ1) is 6.47. The van der Waals surface area contributed by atoms with Gasteiger partial charge in [0.15, 0.2) is 0 Å². The second-order valence-electron chi connectivity index (χ2n) is 3.09. The molecule has 0 aromatic heterocycles. The topological polar surface area (TPSA) is 0 Å². The molecule has 0 amide bonds. The van der Waals surface area contributed by atoms with E-state index in [0.29, 0.717) is 5.92 Å². The highest BCUT2D eigenvalue weighted by Gasteiger charge is 2.02. The Balaban J connectivity index is 2.27. The molecule has 13 heavy (non-hydrogen) atoms. The number of hydrogen-bond donors (Lipinski definition) is 0. The Labute approximate surface area is 78.9 Å². The highest BCUT2D eigenvalue weighted by molar-refractivity contribution is 5.33. The molecule has 0 nitrogen and oxygen atoms in total. The Morgan fingerprint density at radius 2 is 1.31 bits per heavy atom. The van der Waals surface area contributed by atoms with E-state index in [-0.39, 0.29) is 0 Å². The van der Waals surface area contributed by atoms with Crippen molar-refractivity contribution in [1.82, 2.24) is 0 Å². The van der Waals surface area contributed by atoms with Crippen LogP contribution in [0, 0.1) is 0 Å². The monoisotopic (exact) mass is 168 g/mol. The summed E-state index contributed by atoms with van der Waals surface area (Å²) in [7, 11) is 0. The number of hydrogen-bond acceptors (Lipinski definition) is 0. The molecular weight excluding hydrogens is 156 g/mol. The van der Waals surface area contributed by atoms with Crippen molar-refractivity contribution in [3.8, 4) is 0 Å². The average Bonchev–Trinajstić information content (AvgIpc) is 2.47. The largest absolute Gasteiger partial charge is 0.0732 e. The molecule has 1 aliphatic carbocycles. The summed E-state index contributed by atoms with van der Waals surface area (Å²) in [5.74, 6) is 0.427. The summed E-state index contributed by atoms with van der Waals surface area (Å²) in [4.78, 5) is 0. The molecule has 0 unspecified atom stereocenters. The first-order valence-corrected chi connectivity index (χ1v) is 4.53. The average molecular weight is 168 g/mol. The zero-order chi connectivity index (χ0) is 8.93. The van der Waals surface area contributed by atoms with Crippen LogP contribution in [-0.2, 0) is 0 Å². The van der Waals surface area contributed by atoms with E-state index in [4.69, 9.17) is 0 Å². The van der Waals surface area contributed by atoms with Gasteiger partial charge in [-0.1, -0.05) is 66.8 Å². The van der Waals surface area contributed by atoms with Crippen molar-refractivity contribution < 1.29 is 0 Å². The van der Waals surface area contributed by atoms with Gasteiger partial charge >= 0.3 is 0 Å². The molecule has 2 rings (SSSR count). The molecule has 1 aromatic rings. The highest BCUT2D eigenvalue weighted by atomic mass is 14.1. The second kappa shape index (κ2) is 3.90. The van der Waals surface area contributed by atoms with Crippen LogP contribution in [0.15, 0.2) is 66.8 Å². The van der Waals surface area contributed by atoms with E-state index in [1.54, 1.807) is 0 Å². The quantitative estimate of drug-likeness (QED) is 0.602. The summed E-state index contributed by atoms with van der Waals surface area (Å²) >= 11 is 0. The smallest absolute Gasteiger partial charge is 0.0204 e. The molecule has 0 atom stereocenters. The second-order valence-corrected chi connectivity index (χ2v) is 3.09. The van der Waals surface area contributed by atoms with Crippen LogP contribution >= 0.6 is 0 Å². The molecule has 0 fully saturated rings. The number of benzene rings is 1. The van der Waals surface area contributed by atoms with Crippen LogP contribution < -0.4 is 0 Å². The lowest BCUT2D eigenvalue weighted by molar-refractivity contribution is 1.09. The maximum atomic E-state index is 2.20. The Morgan fingerprint density at radius 3 is 1.92 bits per heavy atom. The number of rotatable bonds is 1. The van der Waals surface area contributed by atoms with Crippen LogP contribution in [0.1, 0.15) is 11.5 Å². The Hall–Kier alpha value is -1.56. The van der Waals surface area contributed by atoms with Gasteiger partial charge in [0.05, 0.1) is 0 Å². The van der Waals surface area contributed by atoms with Gasteiger partial charge in [0.1, 0.15) is 0 Å². The number of allylic oxidation sites excluding steroid dienone is 6. The van der Waals surface area contributed by atoms with E-state index in [9.17, 15) is 0 Å².